The van der Waals surface area contributed by atoms with E-state index in [1.165, 1.54) is 12.1 Å². The van der Waals surface area contributed by atoms with Crippen molar-refractivity contribution in [1.82, 2.24) is 9.55 Å². The molecule has 0 fully saturated rings. The molecule has 0 aliphatic heterocycles. The summed E-state index contributed by atoms with van der Waals surface area (Å²) in [4.78, 5) is 3.06. The Morgan fingerprint density at radius 1 is 1.39 bits per heavy atom. The van der Waals surface area contributed by atoms with Gasteiger partial charge in [-0.2, -0.15) is 0 Å². The van der Waals surface area contributed by atoms with Crippen LogP contribution >= 0.6 is 12.2 Å². The van der Waals surface area contributed by atoms with E-state index in [1.54, 1.807) is 6.07 Å². The van der Waals surface area contributed by atoms with Gasteiger partial charge in [0.2, 0.25) is 0 Å². The molecule has 0 saturated carbocycles. The van der Waals surface area contributed by atoms with E-state index in [1.807, 2.05) is 0 Å². The molecule has 0 aliphatic carbocycles. The molecule has 2 aromatic rings. The van der Waals surface area contributed by atoms with Gasteiger partial charge < -0.3 is 9.55 Å². The normalized spacial score (nSPS) is 14.1. The van der Waals surface area contributed by atoms with Crippen molar-refractivity contribution in [3.05, 3.63) is 28.8 Å². The highest BCUT2D eigenvalue weighted by atomic mass is 32.1. The Hall–Kier alpha value is -1.16. The summed E-state index contributed by atoms with van der Waals surface area (Å²) < 4.78 is 15.9. The second-order valence-corrected chi connectivity index (χ2v) is 6.36. The molecule has 1 N–H and O–H groups in total. The first kappa shape index (κ1) is 13.3. The number of nitrogens with zero attached hydrogens (tertiary/aromatic N) is 1. The second-order valence-electron chi connectivity index (χ2n) is 5.97. The van der Waals surface area contributed by atoms with E-state index in [0.29, 0.717) is 10.7 Å². The van der Waals surface area contributed by atoms with Gasteiger partial charge >= 0.3 is 0 Å². The standard InChI is InChI=1S/C14H19FN2S/c1-9(14(2,3)4)8-17-12-6-5-10(15)7-11(12)16-13(17)18/h5-7,9H,8H2,1-4H3,(H,16,18). The molecule has 0 aliphatic rings. The topological polar surface area (TPSA) is 20.7 Å². The van der Waals surface area contributed by atoms with E-state index in [-0.39, 0.29) is 11.2 Å². The van der Waals surface area contributed by atoms with E-state index in [2.05, 4.69) is 37.2 Å². The number of hydrogen-bond donors (Lipinski definition) is 1. The molecule has 0 saturated heterocycles. The largest absolute Gasteiger partial charge is 0.330 e. The first-order chi connectivity index (χ1) is 8.29. The maximum absolute atomic E-state index is 13.2. The lowest BCUT2D eigenvalue weighted by molar-refractivity contribution is 0.234. The lowest BCUT2D eigenvalue weighted by Crippen LogP contribution is -2.22. The van der Waals surface area contributed by atoms with Crippen LogP contribution in [0.25, 0.3) is 11.0 Å². The van der Waals surface area contributed by atoms with Crippen LogP contribution in [0.3, 0.4) is 0 Å². The molecule has 0 radical (unpaired) electrons. The van der Waals surface area contributed by atoms with Crippen LogP contribution in [0, 0.1) is 21.9 Å². The Morgan fingerprint density at radius 3 is 2.67 bits per heavy atom. The molecule has 1 unspecified atom stereocenters. The number of aromatic nitrogens is 2. The fraction of sp³-hybridized carbons (Fsp3) is 0.500. The zero-order valence-electron chi connectivity index (χ0n) is 11.2. The first-order valence-electron chi connectivity index (χ1n) is 6.17. The molecule has 18 heavy (non-hydrogen) atoms. The third-order valence-electron chi connectivity index (χ3n) is 3.67. The molecular formula is C14H19FN2S. The summed E-state index contributed by atoms with van der Waals surface area (Å²) in [6.45, 7) is 9.71. The quantitative estimate of drug-likeness (QED) is 0.793. The predicted octanol–water partition coefficient (Wildman–Crippen LogP) is 4.52. The van der Waals surface area contributed by atoms with E-state index < -0.39 is 0 Å². The summed E-state index contributed by atoms with van der Waals surface area (Å²) in [5, 5.41) is 0. The van der Waals surface area contributed by atoms with Crippen LogP contribution in [-0.2, 0) is 6.54 Å². The van der Waals surface area contributed by atoms with Gasteiger partial charge in [-0.1, -0.05) is 27.7 Å². The molecule has 2 rings (SSSR count). The van der Waals surface area contributed by atoms with Gasteiger partial charge in [0.1, 0.15) is 5.82 Å². The summed E-state index contributed by atoms with van der Waals surface area (Å²) in [6, 6.07) is 4.75. The number of rotatable bonds is 2. The zero-order valence-corrected chi connectivity index (χ0v) is 12.1. The molecule has 1 atom stereocenters. The molecule has 0 bridgehead atoms. The van der Waals surface area contributed by atoms with Crippen LogP contribution in [0.15, 0.2) is 18.2 Å². The van der Waals surface area contributed by atoms with Gasteiger partial charge in [-0.15, -0.1) is 0 Å². The van der Waals surface area contributed by atoms with Crippen molar-refractivity contribution in [1.29, 1.82) is 0 Å². The van der Waals surface area contributed by atoms with E-state index >= 15 is 0 Å². The minimum Gasteiger partial charge on any atom is -0.330 e. The average Bonchev–Trinajstić information content (AvgIpc) is 2.53. The van der Waals surface area contributed by atoms with Gasteiger partial charge in [-0.25, -0.2) is 4.39 Å². The van der Waals surface area contributed by atoms with Gasteiger partial charge in [0, 0.05) is 6.54 Å². The summed E-state index contributed by atoms with van der Waals surface area (Å²) >= 11 is 5.32. The first-order valence-corrected chi connectivity index (χ1v) is 6.58. The molecule has 2 nitrogen and oxygen atoms in total. The number of aromatic amines is 1. The molecule has 0 spiro atoms. The smallest absolute Gasteiger partial charge is 0.178 e. The number of hydrogen-bond acceptors (Lipinski definition) is 1. The van der Waals surface area contributed by atoms with Crippen molar-refractivity contribution in [2.45, 2.75) is 34.2 Å². The van der Waals surface area contributed by atoms with Gasteiger partial charge in [0.15, 0.2) is 4.77 Å². The molecule has 1 heterocycles. The van der Waals surface area contributed by atoms with Gasteiger partial charge in [-0.05, 0) is 41.7 Å². The lowest BCUT2D eigenvalue weighted by atomic mass is 9.82. The average molecular weight is 266 g/mol. The summed E-state index contributed by atoms with van der Waals surface area (Å²) in [7, 11) is 0. The fourth-order valence-corrected chi connectivity index (χ4v) is 2.15. The van der Waals surface area contributed by atoms with Crippen molar-refractivity contribution in [2.24, 2.45) is 11.3 Å². The fourth-order valence-electron chi connectivity index (χ4n) is 1.86. The van der Waals surface area contributed by atoms with Crippen molar-refractivity contribution >= 4 is 23.3 Å². The third kappa shape index (κ3) is 2.48. The Labute approximate surface area is 112 Å². The Morgan fingerprint density at radius 2 is 2.06 bits per heavy atom. The van der Waals surface area contributed by atoms with Crippen molar-refractivity contribution in [3.63, 3.8) is 0 Å². The third-order valence-corrected chi connectivity index (χ3v) is 3.99. The minimum absolute atomic E-state index is 0.221. The summed E-state index contributed by atoms with van der Waals surface area (Å²) in [6.07, 6.45) is 0. The van der Waals surface area contributed by atoms with Gasteiger partial charge in [0.25, 0.3) is 0 Å². The second kappa shape index (κ2) is 4.50. The highest BCUT2D eigenvalue weighted by Gasteiger charge is 2.21. The monoisotopic (exact) mass is 266 g/mol. The van der Waals surface area contributed by atoms with Crippen LogP contribution in [0.1, 0.15) is 27.7 Å². The molecule has 0 amide bonds. The van der Waals surface area contributed by atoms with Crippen LogP contribution in [0.2, 0.25) is 0 Å². The van der Waals surface area contributed by atoms with Crippen molar-refractivity contribution < 1.29 is 4.39 Å². The number of nitrogens with one attached hydrogen (secondary N) is 1. The molecule has 1 aromatic heterocycles. The van der Waals surface area contributed by atoms with Crippen molar-refractivity contribution in [2.75, 3.05) is 0 Å². The molecular weight excluding hydrogens is 247 g/mol. The Bertz CT molecular complexity index is 619. The SMILES string of the molecule is CC(Cn1c(=S)[nH]c2cc(F)ccc21)C(C)(C)C. The molecule has 98 valence electrons. The van der Waals surface area contributed by atoms with E-state index in [0.717, 1.165) is 17.6 Å². The number of imidazole rings is 1. The van der Waals surface area contributed by atoms with Crippen molar-refractivity contribution in [3.8, 4) is 0 Å². The zero-order chi connectivity index (χ0) is 13.5. The van der Waals surface area contributed by atoms with Crippen LogP contribution in [0.5, 0.6) is 0 Å². The Kier molecular flexibility index (Phi) is 3.32. The predicted molar refractivity (Wildman–Crippen MR) is 75.7 cm³/mol. The number of halogens is 1. The summed E-state index contributed by atoms with van der Waals surface area (Å²) in [5.41, 5.74) is 1.96. The van der Waals surface area contributed by atoms with Crippen LogP contribution in [0.4, 0.5) is 4.39 Å². The minimum atomic E-state index is -0.241. The van der Waals surface area contributed by atoms with E-state index in [9.17, 15) is 4.39 Å². The maximum atomic E-state index is 13.2. The Balaban J connectivity index is 2.45. The van der Waals surface area contributed by atoms with Gasteiger partial charge in [0.05, 0.1) is 11.0 Å². The molecule has 4 heteroatoms. The highest BCUT2D eigenvalue weighted by molar-refractivity contribution is 7.71. The number of H-pyrrole nitrogens is 1. The molecule has 1 aromatic carbocycles. The van der Waals surface area contributed by atoms with Crippen LogP contribution < -0.4 is 0 Å². The highest BCUT2D eigenvalue weighted by Crippen LogP contribution is 2.28. The lowest BCUT2D eigenvalue weighted by Gasteiger charge is -2.27. The summed E-state index contributed by atoms with van der Waals surface area (Å²) in [5.74, 6) is 0.239. The number of fused-ring (bicyclic) bond motifs is 1. The van der Waals surface area contributed by atoms with Gasteiger partial charge in [-0.3, -0.25) is 0 Å². The van der Waals surface area contributed by atoms with E-state index in [4.69, 9.17) is 12.2 Å². The maximum Gasteiger partial charge on any atom is 0.178 e. The number of benzene rings is 1. The van der Waals surface area contributed by atoms with Crippen LogP contribution in [-0.4, -0.2) is 9.55 Å².